The van der Waals surface area contributed by atoms with Crippen molar-refractivity contribution in [3.63, 3.8) is 0 Å². The number of aliphatic imine (C=N–C) groups is 1. The van der Waals surface area contributed by atoms with Crippen molar-refractivity contribution in [2.75, 3.05) is 13.1 Å². The summed E-state index contributed by atoms with van der Waals surface area (Å²) in [6, 6.07) is 4.00. The Labute approximate surface area is 165 Å². The van der Waals surface area contributed by atoms with Crippen LogP contribution in [-0.2, 0) is 6.54 Å². The maximum atomic E-state index is 5.52. The second kappa shape index (κ2) is 12.3. The van der Waals surface area contributed by atoms with Crippen molar-refractivity contribution in [2.45, 2.75) is 46.1 Å². The minimum Gasteiger partial charge on any atom is -0.443 e. The van der Waals surface area contributed by atoms with E-state index < -0.39 is 0 Å². The van der Waals surface area contributed by atoms with Crippen LogP contribution in [0.2, 0.25) is 0 Å². The molecule has 0 saturated carbocycles. The fourth-order valence-electron chi connectivity index (χ4n) is 2.15. The molecule has 2 heterocycles. The van der Waals surface area contributed by atoms with Gasteiger partial charge in [0, 0.05) is 13.1 Å². The van der Waals surface area contributed by atoms with E-state index in [0.717, 1.165) is 29.6 Å². The molecule has 2 rings (SSSR count). The summed E-state index contributed by atoms with van der Waals surface area (Å²) in [6.07, 6.45) is 6.66. The monoisotopic (exact) mass is 462 g/mol. The maximum absolute atomic E-state index is 5.52. The standard InChI is InChI=1S/C17H26N4OS.HI/c1-3-5-6-7-10-19-17(18-4-2)20-12-14-13-22-16(21-14)15-9-8-11-23-15;/h8-9,11,13H,3-7,10,12H2,1-2H3,(H2,18,19,20);1H. The van der Waals surface area contributed by atoms with Gasteiger partial charge in [-0.15, -0.1) is 35.3 Å². The predicted molar refractivity (Wildman–Crippen MR) is 112 cm³/mol. The average molecular weight is 462 g/mol. The number of rotatable bonds is 9. The van der Waals surface area contributed by atoms with Crippen molar-refractivity contribution in [3.05, 3.63) is 29.5 Å². The minimum atomic E-state index is 0. The van der Waals surface area contributed by atoms with Gasteiger partial charge in [0.1, 0.15) is 12.0 Å². The first-order valence-electron chi connectivity index (χ1n) is 8.34. The molecule has 0 aliphatic rings. The first kappa shape index (κ1) is 21.0. The van der Waals surface area contributed by atoms with Gasteiger partial charge in [-0.25, -0.2) is 9.98 Å². The van der Waals surface area contributed by atoms with E-state index >= 15 is 0 Å². The van der Waals surface area contributed by atoms with Crippen molar-refractivity contribution in [2.24, 2.45) is 4.99 Å². The predicted octanol–water partition coefficient (Wildman–Crippen LogP) is 4.66. The van der Waals surface area contributed by atoms with Crippen LogP contribution < -0.4 is 10.6 Å². The quantitative estimate of drug-likeness (QED) is 0.246. The van der Waals surface area contributed by atoms with E-state index in [0.29, 0.717) is 12.4 Å². The Balaban J connectivity index is 0.00000288. The van der Waals surface area contributed by atoms with Crippen molar-refractivity contribution >= 4 is 41.3 Å². The van der Waals surface area contributed by atoms with Crippen molar-refractivity contribution in [1.29, 1.82) is 0 Å². The zero-order valence-corrected chi connectivity index (χ0v) is 17.5. The number of unbranched alkanes of at least 4 members (excludes halogenated alkanes) is 3. The molecule has 7 heteroatoms. The van der Waals surface area contributed by atoms with Gasteiger partial charge in [0.05, 0.1) is 11.4 Å². The summed E-state index contributed by atoms with van der Waals surface area (Å²) in [4.78, 5) is 10.1. The van der Waals surface area contributed by atoms with Crippen LogP contribution in [0.5, 0.6) is 0 Å². The highest BCUT2D eigenvalue weighted by Gasteiger charge is 2.07. The first-order valence-corrected chi connectivity index (χ1v) is 9.22. The molecule has 2 N–H and O–H groups in total. The number of guanidine groups is 1. The summed E-state index contributed by atoms with van der Waals surface area (Å²) in [5.74, 6) is 1.51. The number of halogens is 1. The average Bonchev–Trinajstić information content (AvgIpc) is 3.23. The van der Waals surface area contributed by atoms with Crippen LogP contribution in [-0.4, -0.2) is 24.0 Å². The number of nitrogens with zero attached hydrogens (tertiary/aromatic N) is 2. The molecule has 2 aromatic heterocycles. The molecule has 0 aliphatic heterocycles. The first-order chi connectivity index (χ1) is 11.3. The molecule has 0 atom stereocenters. The van der Waals surface area contributed by atoms with Gasteiger partial charge < -0.3 is 15.1 Å². The van der Waals surface area contributed by atoms with E-state index in [1.807, 2.05) is 17.5 Å². The Bertz CT molecular complexity index is 583. The Hall–Kier alpha value is -1.09. The van der Waals surface area contributed by atoms with Crippen LogP contribution in [0.1, 0.15) is 45.2 Å². The molecule has 2 aromatic rings. The van der Waals surface area contributed by atoms with Gasteiger partial charge in [-0.3, -0.25) is 0 Å². The topological polar surface area (TPSA) is 62.5 Å². The van der Waals surface area contributed by atoms with Crippen molar-refractivity contribution in [1.82, 2.24) is 15.6 Å². The lowest BCUT2D eigenvalue weighted by Crippen LogP contribution is -2.37. The fraction of sp³-hybridized carbons (Fsp3) is 0.529. The van der Waals surface area contributed by atoms with Crippen LogP contribution in [0, 0.1) is 0 Å². The summed E-state index contributed by atoms with van der Waals surface area (Å²) in [7, 11) is 0. The van der Waals surface area contributed by atoms with Gasteiger partial charge >= 0.3 is 0 Å². The minimum absolute atomic E-state index is 0. The summed E-state index contributed by atoms with van der Waals surface area (Å²) < 4.78 is 5.52. The number of thiophene rings is 1. The largest absolute Gasteiger partial charge is 0.443 e. The van der Waals surface area contributed by atoms with Gasteiger partial charge in [-0.05, 0) is 24.8 Å². The van der Waals surface area contributed by atoms with Crippen LogP contribution in [0.4, 0.5) is 0 Å². The summed E-state index contributed by atoms with van der Waals surface area (Å²) in [5.41, 5.74) is 0.844. The van der Waals surface area contributed by atoms with E-state index in [4.69, 9.17) is 4.42 Å². The maximum Gasteiger partial charge on any atom is 0.236 e. The zero-order chi connectivity index (χ0) is 16.3. The number of hydrogen-bond donors (Lipinski definition) is 2. The van der Waals surface area contributed by atoms with Crippen LogP contribution in [0.15, 0.2) is 33.2 Å². The molecule has 0 fully saturated rings. The third-order valence-electron chi connectivity index (χ3n) is 3.35. The van der Waals surface area contributed by atoms with Gasteiger partial charge in [0.2, 0.25) is 5.89 Å². The Kier molecular flexibility index (Phi) is 10.7. The molecule has 0 bridgehead atoms. The molecular formula is C17H27IN4OS. The Morgan fingerprint density at radius 3 is 2.83 bits per heavy atom. The molecule has 0 aliphatic carbocycles. The molecule has 0 saturated heterocycles. The Morgan fingerprint density at radius 2 is 2.12 bits per heavy atom. The molecule has 0 radical (unpaired) electrons. The van der Waals surface area contributed by atoms with E-state index in [1.54, 1.807) is 17.6 Å². The number of aromatic nitrogens is 1. The second-order valence-electron chi connectivity index (χ2n) is 5.30. The third-order valence-corrected chi connectivity index (χ3v) is 4.21. The summed E-state index contributed by atoms with van der Waals surface area (Å²) in [6.45, 7) is 6.60. The van der Waals surface area contributed by atoms with E-state index in [2.05, 4.69) is 34.5 Å². The highest BCUT2D eigenvalue weighted by atomic mass is 127. The third kappa shape index (κ3) is 7.21. The lowest BCUT2D eigenvalue weighted by molar-refractivity contribution is 0.574. The zero-order valence-electron chi connectivity index (χ0n) is 14.4. The molecule has 24 heavy (non-hydrogen) atoms. The van der Waals surface area contributed by atoms with Crippen molar-refractivity contribution < 1.29 is 4.42 Å². The fourth-order valence-corrected chi connectivity index (χ4v) is 2.81. The summed E-state index contributed by atoms with van der Waals surface area (Å²) in [5, 5.41) is 8.64. The molecular weight excluding hydrogens is 435 g/mol. The summed E-state index contributed by atoms with van der Waals surface area (Å²) >= 11 is 1.62. The molecule has 0 amide bonds. The normalized spacial score (nSPS) is 11.2. The smallest absolute Gasteiger partial charge is 0.236 e. The molecule has 134 valence electrons. The highest BCUT2D eigenvalue weighted by Crippen LogP contribution is 2.23. The number of nitrogens with one attached hydrogen (secondary N) is 2. The Morgan fingerprint density at radius 1 is 1.25 bits per heavy atom. The SMILES string of the molecule is CCCCCCNC(=NCc1coc(-c2cccs2)n1)NCC.I. The van der Waals surface area contributed by atoms with Gasteiger partial charge in [-0.1, -0.05) is 32.3 Å². The van der Waals surface area contributed by atoms with Crippen LogP contribution >= 0.6 is 35.3 Å². The number of hydrogen-bond acceptors (Lipinski definition) is 4. The van der Waals surface area contributed by atoms with Crippen LogP contribution in [0.25, 0.3) is 10.8 Å². The van der Waals surface area contributed by atoms with Gasteiger partial charge in [0.25, 0.3) is 0 Å². The van der Waals surface area contributed by atoms with Gasteiger partial charge in [-0.2, -0.15) is 0 Å². The van der Waals surface area contributed by atoms with E-state index in [-0.39, 0.29) is 24.0 Å². The van der Waals surface area contributed by atoms with E-state index in [1.165, 1.54) is 25.7 Å². The molecule has 0 spiro atoms. The second-order valence-corrected chi connectivity index (χ2v) is 6.25. The lowest BCUT2D eigenvalue weighted by Gasteiger charge is -2.10. The molecule has 0 unspecified atom stereocenters. The van der Waals surface area contributed by atoms with E-state index in [9.17, 15) is 0 Å². The van der Waals surface area contributed by atoms with Crippen molar-refractivity contribution in [3.8, 4) is 10.8 Å². The molecule has 0 aromatic carbocycles. The number of oxazole rings is 1. The molecule has 5 nitrogen and oxygen atoms in total. The van der Waals surface area contributed by atoms with Crippen LogP contribution in [0.3, 0.4) is 0 Å². The highest BCUT2D eigenvalue weighted by molar-refractivity contribution is 14.0. The van der Waals surface area contributed by atoms with Gasteiger partial charge in [0.15, 0.2) is 5.96 Å². The lowest BCUT2D eigenvalue weighted by atomic mass is 10.2.